The summed E-state index contributed by atoms with van der Waals surface area (Å²) in [5.74, 6) is 0.805. The van der Waals surface area contributed by atoms with Crippen LogP contribution in [0.15, 0.2) is 16.7 Å². The summed E-state index contributed by atoms with van der Waals surface area (Å²) < 4.78 is 5.17. The normalized spacial score (nSPS) is 10.3. The van der Waals surface area contributed by atoms with Gasteiger partial charge in [-0.2, -0.15) is 0 Å². The number of rotatable bonds is 5. The summed E-state index contributed by atoms with van der Waals surface area (Å²) in [7, 11) is 0. The van der Waals surface area contributed by atoms with Crippen LogP contribution in [0.1, 0.15) is 29.5 Å². The van der Waals surface area contributed by atoms with Crippen molar-refractivity contribution in [3.05, 3.63) is 23.7 Å². The van der Waals surface area contributed by atoms with Crippen LogP contribution in [0.25, 0.3) is 0 Å². The molecule has 1 aromatic rings. The summed E-state index contributed by atoms with van der Waals surface area (Å²) in [5, 5.41) is 0. The Morgan fingerprint density at radius 2 is 2.27 bits per heavy atom. The number of amides is 1. The van der Waals surface area contributed by atoms with E-state index in [9.17, 15) is 4.79 Å². The van der Waals surface area contributed by atoms with E-state index in [4.69, 9.17) is 16.0 Å². The third-order valence-electron chi connectivity index (χ3n) is 2.19. The Morgan fingerprint density at radius 1 is 1.53 bits per heavy atom. The molecule has 1 rings (SSSR count). The summed E-state index contributed by atoms with van der Waals surface area (Å²) in [6.45, 7) is 5.17. The topological polar surface area (TPSA) is 33.5 Å². The lowest BCUT2D eigenvalue weighted by Gasteiger charge is -2.19. The first-order valence-corrected chi connectivity index (χ1v) is 5.63. The van der Waals surface area contributed by atoms with Gasteiger partial charge in [-0.05, 0) is 19.4 Å². The highest BCUT2D eigenvalue weighted by Crippen LogP contribution is 2.12. The highest BCUT2D eigenvalue weighted by molar-refractivity contribution is 6.18. The Balaban J connectivity index is 2.76. The number of carbonyl (C=O) groups excluding carboxylic acids is 1. The van der Waals surface area contributed by atoms with Gasteiger partial charge in [0.1, 0.15) is 0 Å². The van der Waals surface area contributed by atoms with Gasteiger partial charge in [0.15, 0.2) is 5.76 Å². The Hall–Kier alpha value is -0.960. The van der Waals surface area contributed by atoms with Crippen molar-refractivity contribution in [3.8, 4) is 0 Å². The molecule has 0 atom stereocenters. The molecule has 0 aromatic carbocycles. The van der Waals surface area contributed by atoms with Crippen LogP contribution >= 0.6 is 11.6 Å². The molecule has 0 radical (unpaired) electrons. The van der Waals surface area contributed by atoms with E-state index in [2.05, 4.69) is 0 Å². The lowest BCUT2D eigenvalue weighted by molar-refractivity contribution is 0.0732. The second-order valence-electron chi connectivity index (χ2n) is 3.41. The fraction of sp³-hybridized carbons (Fsp3) is 0.545. The maximum atomic E-state index is 12.0. The van der Waals surface area contributed by atoms with E-state index in [1.807, 2.05) is 13.8 Å². The van der Waals surface area contributed by atoms with Crippen molar-refractivity contribution in [1.29, 1.82) is 0 Å². The van der Waals surface area contributed by atoms with Crippen molar-refractivity contribution in [2.45, 2.75) is 20.3 Å². The molecule has 0 aliphatic rings. The first kappa shape index (κ1) is 12.1. The lowest BCUT2D eigenvalue weighted by atomic mass is 10.2. The fourth-order valence-corrected chi connectivity index (χ4v) is 1.63. The number of alkyl halides is 1. The molecular formula is C11H16ClNO2. The van der Waals surface area contributed by atoms with Gasteiger partial charge in [-0.1, -0.05) is 6.92 Å². The fourth-order valence-electron chi connectivity index (χ4n) is 1.42. The Labute approximate surface area is 95.0 Å². The molecule has 0 N–H and O–H groups in total. The molecule has 84 valence electrons. The van der Waals surface area contributed by atoms with Gasteiger partial charge < -0.3 is 9.32 Å². The second-order valence-corrected chi connectivity index (χ2v) is 3.79. The molecule has 3 nitrogen and oxygen atoms in total. The highest BCUT2D eigenvalue weighted by atomic mass is 35.5. The summed E-state index contributed by atoms with van der Waals surface area (Å²) in [6, 6.07) is 1.79. The molecule has 1 heterocycles. The zero-order valence-corrected chi connectivity index (χ0v) is 9.88. The van der Waals surface area contributed by atoms with E-state index in [0.29, 0.717) is 24.7 Å². The number of hydrogen-bond acceptors (Lipinski definition) is 2. The molecule has 1 aromatic heterocycles. The van der Waals surface area contributed by atoms with E-state index in [1.54, 1.807) is 11.0 Å². The summed E-state index contributed by atoms with van der Waals surface area (Å²) in [5.41, 5.74) is 0.871. The quantitative estimate of drug-likeness (QED) is 0.728. The first-order valence-electron chi connectivity index (χ1n) is 5.10. The van der Waals surface area contributed by atoms with Crippen LogP contribution in [0.3, 0.4) is 0 Å². The molecule has 15 heavy (non-hydrogen) atoms. The van der Waals surface area contributed by atoms with Crippen molar-refractivity contribution >= 4 is 17.5 Å². The molecule has 0 aliphatic carbocycles. The smallest absolute Gasteiger partial charge is 0.289 e. The first-order chi connectivity index (χ1) is 7.20. The minimum atomic E-state index is -0.0694. The molecule has 0 saturated carbocycles. The van der Waals surface area contributed by atoms with Crippen molar-refractivity contribution in [2.75, 3.05) is 19.0 Å². The number of aryl methyl sites for hydroxylation is 1. The van der Waals surface area contributed by atoms with Gasteiger partial charge in [0.2, 0.25) is 0 Å². The summed E-state index contributed by atoms with van der Waals surface area (Å²) in [6.07, 6.45) is 2.45. The minimum absolute atomic E-state index is 0.0694. The molecule has 0 spiro atoms. The minimum Gasteiger partial charge on any atom is -0.459 e. The number of furan rings is 1. The standard InChI is InChI=1S/C11H16ClNO2/c1-3-6-13(7-5-12)11(14)10-9(2)4-8-15-10/h4,8H,3,5-7H2,1-2H3. The van der Waals surface area contributed by atoms with Gasteiger partial charge in [-0.3, -0.25) is 4.79 Å². The van der Waals surface area contributed by atoms with Crippen LogP contribution in [0.4, 0.5) is 0 Å². The van der Waals surface area contributed by atoms with Crippen molar-refractivity contribution in [1.82, 2.24) is 4.90 Å². The molecule has 4 heteroatoms. The lowest BCUT2D eigenvalue weighted by Crippen LogP contribution is -2.33. The number of carbonyl (C=O) groups is 1. The largest absolute Gasteiger partial charge is 0.459 e. The van der Waals surface area contributed by atoms with Crippen LogP contribution in [-0.4, -0.2) is 29.8 Å². The number of hydrogen-bond donors (Lipinski definition) is 0. The molecule has 0 bridgehead atoms. The zero-order valence-electron chi connectivity index (χ0n) is 9.12. The van der Waals surface area contributed by atoms with Gasteiger partial charge in [0, 0.05) is 24.5 Å². The maximum absolute atomic E-state index is 12.0. The van der Waals surface area contributed by atoms with E-state index < -0.39 is 0 Å². The van der Waals surface area contributed by atoms with E-state index >= 15 is 0 Å². The van der Waals surface area contributed by atoms with E-state index in [-0.39, 0.29) is 5.91 Å². The molecular weight excluding hydrogens is 214 g/mol. The zero-order chi connectivity index (χ0) is 11.3. The van der Waals surface area contributed by atoms with Crippen molar-refractivity contribution in [2.24, 2.45) is 0 Å². The molecule has 1 amide bonds. The predicted molar refractivity (Wildman–Crippen MR) is 60.4 cm³/mol. The molecule has 0 unspecified atom stereocenters. The maximum Gasteiger partial charge on any atom is 0.289 e. The van der Waals surface area contributed by atoms with Crippen LogP contribution < -0.4 is 0 Å². The van der Waals surface area contributed by atoms with Crippen LogP contribution in [-0.2, 0) is 0 Å². The Kier molecular flexibility index (Phi) is 4.69. The SMILES string of the molecule is CCCN(CCCl)C(=O)c1occc1C. The summed E-state index contributed by atoms with van der Waals surface area (Å²) >= 11 is 5.65. The van der Waals surface area contributed by atoms with Crippen molar-refractivity contribution < 1.29 is 9.21 Å². The predicted octanol–water partition coefficient (Wildman–Crippen LogP) is 2.68. The van der Waals surface area contributed by atoms with E-state index in [0.717, 1.165) is 12.0 Å². The number of nitrogens with zero attached hydrogens (tertiary/aromatic N) is 1. The van der Waals surface area contributed by atoms with Gasteiger partial charge in [-0.25, -0.2) is 0 Å². The van der Waals surface area contributed by atoms with Crippen molar-refractivity contribution in [3.63, 3.8) is 0 Å². The molecule has 0 aliphatic heterocycles. The Bertz CT molecular complexity index is 316. The van der Waals surface area contributed by atoms with Crippen LogP contribution in [0.2, 0.25) is 0 Å². The van der Waals surface area contributed by atoms with Gasteiger partial charge in [0.25, 0.3) is 5.91 Å². The van der Waals surface area contributed by atoms with Crippen LogP contribution in [0.5, 0.6) is 0 Å². The second kappa shape index (κ2) is 5.81. The molecule has 0 saturated heterocycles. The van der Waals surface area contributed by atoms with Gasteiger partial charge in [-0.15, -0.1) is 11.6 Å². The monoisotopic (exact) mass is 229 g/mol. The average molecular weight is 230 g/mol. The third-order valence-corrected chi connectivity index (χ3v) is 2.36. The third kappa shape index (κ3) is 2.99. The Morgan fingerprint density at radius 3 is 2.73 bits per heavy atom. The van der Waals surface area contributed by atoms with Gasteiger partial charge >= 0.3 is 0 Å². The number of halogens is 1. The average Bonchev–Trinajstić information content (AvgIpc) is 2.63. The molecule has 0 fully saturated rings. The highest BCUT2D eigenvalue weighted by Gasteiger charge is 2.19. The van der Waals surface area contributed by atoms with Crippen LogP contribution in [0, 0.1) is 6.92 Å². The summed E-state index contributed by atoms with van der Waals surface area (Å²) in [4.78, 5) is 13.7. The van der Waals surface area contributed by atoms with Gasteiger partial charge in [0.05, 0.1) is 6.26 Å². The van der Waals surface area contributed by atoms with E-state index in [1.165, 1.54) is 6.26 Å².